The van der Waals surface area contributed by atoms with E-state index < -0.39 is 11.9 Å². The highest BCUT2D eigenvalue weighted by molar-refractivity contribution is 6.30. The van der Waals surface area contributed by atoms with Crippen LogP contribution in [-0.2, 0) is 4.79 Å². The molecule has 3 amide bonds. The van der Waals surface area contributed by atoms with Crippen LogP contribution in [0, 0.1) is 11.3 Å². The number of carbonyl (C=O) groups is 2. The second-order valence-corrected chi connectivity index (χ2v) is 6.01. The van der Waals surface area contributed by atoms with E-state index >= 15 is 0 Å². The van der Waals surface area contributed by atoms with E-state index in [2.05, 4.69) is 11.4 Å². The number of benzene rings is 3. The Kier molecular flexibility index (Phi) is 3.83. The maximum Gasteiger partial charge on any atom is 0.333 e. The Labute approximate surface area is 154 Å². The normalized spacial score (nSPS) is 15.2. The number of amides is 3. The zero-order valence-corrected chi connectivity index (χ0v) is 14.0. The maximum absolute atomic E-state index is 12.9. The van der Waals surface area contributed by atoms with Crippen LogP contribution in [0.1, 0.15) is 11.1 Å². The molecule has 3 aromatic rings. The van der Waals surface area contributed by atoms with Crippen molar-refractivity contribution >= 4 is 34.5 Å². The minimum Gasteiger partial charge on any atom is -0.508 e. The third kappa shape index (κ3) is 2.77. The highest BCUT2D eigenvalue weighted by Crippen LogP contribution is 2.32. The van der Waals surface area contributed by atoms with Gasteiger partial charge >= 0.3 is 6.03 Å². The minimum absolute atomic E-state index is 0.0658. The van der Waals surface area contributed by atoms with Crippen molar-refractivity contribution < 1.29 is 14.7 Å². The summed E-state index contributed by atoms with van der Waals surface area (Å²) in [5.41, 5.74) is 1.58. The monoisotopic (exact) mass is 355 g/mol. The van der Waals surface area contributed by atoms with Crippen molar-refractivity contribution in [2.45, 2.75) is 0 Å². The van der Waals surface area contributed by atoms with Crippen LogP contribution in [0.2, 0.25) is 0 Å². The fraction of sp³-hybridized carbons (Fsp3) is 0. The summed E-state index contributed by atoms with van der Waals surface area (Å²) in [5.74, 6) is -0.436. The molecule has 2 N–H and O–H groups in total. The number of rotatable bonds is 2. The first kappa shape index (κ1) is 16.4. The third-order valence-electron chi connectivity index (χ3n) is 4.32. The van der Waals surface area contributed by atoms with E-state index in [1.54, 1.807) is 48.5 Å². The van der Waals surface area contributed by atoms with Crippen LogP contribution in [0.25, 0.3) is 16.8 Å². The standard InChI is InChI=1S/C21H13N3O3/c22-12-14-8-9-19(17-7-2-1-6-16(14)17)24-20(26)18(23-21(24)27)11-13-4-3-5-15(25)10-13/h1-11,25H,(H,23,27). The van der Waals surface area contributed by atoms with Crippen molar-refractivity contribution in [1.29, 1.82) is 5.26 Å². The van der Waals surface area contributed by atoms with Crippen LogP contribution in [0.15, 0.2) is 66.4 Å². The molecule has 1 fully saturated rings. The number of nitrogens with one attached hydrogen (secondary N) is 1. The van der Waals surface area contributed by atoms with Gasteiger partial charge in [-0.3, -0.25) is 4.79 Å². The first-order valence-electron chi connectivity index (χ1n) is 8.16. The Bertz CT molecular complexity index is 1170. The summed E-state index contributed by atoms with van der Waals surface area (Å²) in [6.07, 6.45) is 1.51. The summed E-state index contributed by atoms with van der Waals surface area (Å²) in [4.78, 5) is 26.4. The second kappa shape index (κ2) is 6.32. The van der Waals surface area contributed by atoms with Crippen LogP contribution in [0.3, 0.4) is 0 Å². The van der Waals surface area contributed by atoms with Crippen molar-refractivity contribution in [1.82, 2.24) is 5.32 Å². The lowest BCUT2D eigenvalue weighted by Gasteiger charge is -2.15. The van der Waals surface area contributed by atoms with E-state index in [4.69, 9.17) is 0 Å². The van der Waals surface area contributed by atoms with Gasteiger partial charge in [0.05, 0.1) is 17.3 Å². The quantitative estimate of drug-likeness (QED) is 0.543. The Hall–Kier alpha value is -4.11. The fourth-order valence-electron chi connectivity index (χ4n) is 3.11. The van der Waals surface area contributed by atoms with Gasteiger partial charge in [-0.25, -0.2) is 9.69 Å². The largest absolute Gasteiger partial charge is 0.508 e. The lowest BCUT2D eigenvalue weighted by molar-refractivity contribution is -0.113. The lowest BCUT2D eigenvalue weighted by Crippen LogP contribution is -2.30. The number of nitriles is 1. The molecule has 6 heteroatoms. The van der Waals surface area contributed by atoms with Crippen LogP contribution in [0.5, 0.6) is 5.75 Å². The smallest absolute Gasteiger partial charge is 0.333 e. The Morgan fingerprint density at radius 2 is 1.78 bits per heavy atom. The van der Waals surface area contributed by atoms with E-state index in [9.17, 15) is 20.0 Å². The number of anilines is 1. The summed E-state index contributed by atoms with van der Waals surface area (Å²) in [5, 5.41) is 22.7. The van der Waals surface area contributed by atoms with Crippen molar-refractivity contribution in [2.24, 2.45) is 0 Å². The molecule has 0 bridgehead atoms. The number of fused-ring (bicyclic) bond motifs is 1. The van der Waals surface area contributed by atoms with Gasteiger partial charge in [0.2, 0.25) is 0 Å². The Morgan fingerprint density at radius 3 is 2.52 bits per heavy atom. The van der Waals surface area contributed by atoms with Gasteiger partial charge in [-0.15, -0.1) is 0 Å². The molecule has 6 nitrogen and oxygen atoms in total. The first-order valence-corrected chi connectivity index (χ1v) is 8.16. The summed E-state index contributed by atoms with van der Waals surface area (Å²) in [7, 11) is 0. The van der Waals surface area contributed by atoms with Gasteiger partial charge in [-0.1, -0.05) is 36.4 Å². The number of urea groups is 1. The number of phenolic OH excluding ortho intramolecular Hbond substituents is 1. The zero-order chi connectivity index (χ0) is 19.0. The van der Waals surface area contributed by atoms with Crippen LogP contribution in [0.4, 0.5) is 10.5 Å². The SMILES string of the molecule is N#Cc1ccc(N2C(=O)NC(=Cc3cccc(O)c3)C2=O)c2ccccc12. The second-order valence-electron chi connectivity index (χ2n) is 6.01. The van der Waals surface area contributed by atoms with Gasteiger partial charge in [0, 0.05) is 10.8 Å². The Balaban J connectivity index is 1.80. The van der Waals surface area contributed by atoms with E-state index in [1.165, 1.54) is 18.2 Å². The van der Waals surface area contributed by atoms with Gasteiger partial charge in [0.1, 0.15) is 11.4 Å². The molecule has 27 heavy (non-hydrogen) atoms. The molecule has 0 saturated carbocycles. The molecule has 3 aromatic carbocycles. The molecule has 0 unspecified atom stereocenters. The highest BCUT2D eigenvalue weighted by Gasteiger charge is 2.35. The molecule has 130 valence electrons. The van der Waals surface area contributed by atoms with Crippen LogP contribution < -0.4 is 10.2 Å². The molecule has 1 aliphatic heterocycles. The van der Waals surface area contributed by atoms with E-state index in [-0.39, 0.29) is 11.4 Å². The number of imide groups is 1. The first-order chi connectivity index (χ1) is 13.1. The maximum atomic E-state index is 12.9. The molecule has 1 aliphatic rings. The molecule has 0 radical (unpaired) electrons. The van der Waals surface area contributed by atoms with E-state index in [0.717, 1.165) is 4.90 Å². The number of aromatic hydroxyl groups is 1. The van der Waals surface area contributed by atoms with Crippen molar-refractivity contribution in [3.63, 3.8) is 0 Å². The summed E-state index contributed by atoms with van der Waals surface area (Å²) < 4.78 is 0. The van der Waals surface area contributed by atoms with Crippen LogP contribution >= 0.6 is 0 Å². The number of carbonyl (C=O) groups excluding carboxylic acids is 2. The molecular formula is C21H13N3O3. The van der Waals surface area contributed by atoms with Gasteiger partial charge < -0.3 is 10.4 Å². The number of hydrogen-bond donors (Lipinski definition) is 2. The van der Waals surface area contributed by atoms with E-state index in [0.29, 0.717) is 27.6 Å². The van der Waals surface area contributed by atoms with Gasteiger partial charge in [-0.2, -0.15) is 5.26 Å². The molecule has 0 spiro atoms. The van der Waals surface area contributed by atoms with Gasteiger partial charge in [-0.05, 0) is 35.9 Å². The molecule has 4 rings (SSSR count). The Morgan fingerprint density at radius 1 is 1.00 bits per heavy atom. The average Bonchev–Trinajstić information content (AvgIpc) is 2.94. The minimum atomic E-state index is -0.568. The number of nitrogens with zero attached hydrogens (tertiary/aromatic N) is 2. The molecule has 1 saturated heterocycles. The molecule has 0 aliphatic carbocycles. The van der Waals surface area contributed by atoms with E-state index in [1.807, 2.05) is 0 Å². The molecule has 0 aromatic heterocycles. The van der Waals surface area contributed by atoms with Crippen LogP contribution in [-0.4, -0.2) is 17.0 Å². The molecule has 0 atom stereocenters. The number of phenols is 1. The highest BCUT2D eigenvalue weighted by atomic mass is 16.3. The average molecular weight is 355 g/mol. The predicted molar refractivity (Wildman–Crippen MR) is 101 cm³/mol. The van der Waals surface area contributed by atoms with Crippen molar-refractivity contribution in [3.05, 3.63) is 77.5 Å². The fourth-order valence-corrected chi connectivity index (χ4v) is 3.11. The van der Waals surface area contributed by atoms with Gasteiger partial charge in [0.25, 0.3) is 5.91 Å². The molecular weight excluding hydrogens is 342 g/mol. The topological polar surface area (TPSA) is 93.4 Å². The lowest BCUT2D eigenvalue weighted by atomic mass is 10.0. The zero-order valence-electron chi connectivity index (χ0n) is 14.0. The van der Waals surface area contributed by atoms with Gasteiger partial charge in [0.15, 0.2) is 0 Å². The predicted octanol–water partition coefficient (Wildman–Crippen LogP) is 3.51. The number of hydrogen-bond acceptors (Lipinski definition) is 4. The summed E-state index contributed by atoms with van der Waals surface area (Å²) >= 11 is 0. The van der Waals surface area contributed by atoms with Crippen molar-refractivity contribution in [3.8, 4) is 11.8 Å². The molecule has 1 heterocycles. The van der Waals surface area contributed by atoms with Crippen molar-refractivity contribution in [2.75, 3.05) is 4.90 Å². The summed E-state index contributed by atoms with van der Waals surface area (Å²) in [6.45, 7) is 0. The third-order valence-corrected chi connectivity index (χ3v) is 4.32. The summed E-state index contributed by atoms with van der Waals surface area (Å²) in [6, 6.07) is 18.2.